The van der Waals surface area contributed by atoms with Crippen LogP contribution < -0.4 is 9.47 Å². The van der Waals surface area contributed by atoms with Gasteiger partial charge in [-0.25, -0.2) is 9.37 Å². The van der Waals surface area contributed by atoms with E-state index < -0.39 is 17.6 Å². The molecule has 13 heteroatoms. The molecular weight excluding hydrogens is 702 g/mol. The van der Waals surface area contributed by atoms with E-state index in [0.717, 1.165) is 82.3 Å². The normalized spacial score (nSPS) is 14.2. The third kappa shape index (κ3) is 12.5. The Morgan fingerprint density at radius 3 is 2.24 bits per heavy atom. The highest BCUT2D eigenvalue weighted by atomic mass is 19.4. The van der Waals surface area contributed by atoms with Gasteiger partial charge in [0.25, 0.3) is 0 Å². The monoisotopic (exact) mass is 759 g/mol. The predicted molar refractivity (Wildman–Crippen MR) is 205 cm³/mol. The topological polar surface area (TPSA) is 64.5 Å². The Bertz CT molecular complexity index is 1660. The van der Waals surface area contributed by atoms with Crippen LogP contribution in [-0.2, 0) is 22.7 Å². The molecule has 0 N–H and O–H groups in total. The van der Waals surface area contributed by atoms with Gasteiger partial charge in [0.05, 0.1) is 35.4 Å². The van der Waals surface area contributed by atoms with Crippen molar-refractivity contribution in [1.82, 2.24) is 24.3 Å². The molecule has 0 radical (unpaired) electrons. The lowest BCUT2D eigenvalue weighted by atomic mass is 10.1. The van der Waals surface area contributed by atoms with E-state index in [0.29, 0.717) is 55.3 Å². The molecule has 1 aliphatic rings. The molecule has 0 unspecified atom stereocenters. The lowest BCUT2D eigenvalue weighted by Crippen LogP contribution is -2.28. The van der Waals surface area contributed by atoms with Crippen molar-refractivity contribution < 1.29 is 36.5 Å². The largest absolute Gasteiger partial charge is 0.501 e. The van der Waals surface area contributed by atoms with Crippen molar-refractivity contribution in [3.63, 3.8) is 0 Å². The molecule has 1 aromatic heterocycles. The maximum Gasteiger partial charge on any atom is 0.419 e. The molecule has 1 aliphatic heterocycles. The summed E-state index contributed by atoms with van der Waals surface area (Å²) in [6.45, 7) is 20.3. The molecule has 3 aromatic rings. The van der Waals surface area contributed by atoms with Crippen LogP contribution in [0.3, 0.4) is 0 Å². The summed E-state index contributed by atoms with van der Waals surface area (Å²) in [5, 5.41) is 0. The van der Waals surface area contributed by atoms with Crippen LogP contribution in [0.4, 0.5) is 17.6 Å². The maximum atomic E-state index is 14.0. The molecule has 54 heavy (non-hydrogen) atoms. The van der Waals surface area contributed by atoms with E-state index in [4.69, 9.17) is 23.9 Å². The molecule has 0 aliphatic carbocycles. The van der Waals surface area contributed by atoms with Gasteiger partial charge in [0.2, 0.25) is 0 Å². The van der Waals surface area contributed by atoms with Crippen LogP contribution >= 0.6 is 0 Å². The van der Waals surface area contributed by atoms with Crippen molar-refractivity contribution in [1.29, 1.82) is 0 Å². The van der Waals surface area contributed by atoms with Crippen LogP contribution in [0.2, 0.25) is 0 Å². The third-order valence-electron chi connectivity index (χ3n) is 9.67. The molecule has 4 rings (SSSR count). The van der Waals surface area contributed by atoms with Crippen LogP contribution in [0, 0.1) is 12.7 Å². The molecule has 1 fully saturated rings. The van der Waals surface area contributed by atoms with Gasteiger partial charge in [0.15, 0.2) is 0 Å². The van der Waals surface area contributed by atoms with E-state index in [9.17, 15) is 17.6 Å². The molecule has 0 bridgehead atoms. The lowest BCUT2D eigenvalue weighted by Gasteiger charge is -2.19. The number of likely N-dealkylation sites (N-methyl/N-ethyl adjacent to an activating group) is 1. The van der Waals surface area contributed by atoms with Gasteiger partial charge in [-0.15, -0.1) is 0 Å². The van der Waals surface area contributed by atoms with Crippen LogP contribution in [0.25, 0.3) is 17.5 Å². The molecule has 2 heterocycles. The summed E-state index contributed by atoms with van der Waals surface area (Å²) >= 11 is 0. The first-order chi connectivity index (χ1) is 26.0. The summed E-state index contributed by atoms with van der Waals surface area (Å²) in [6.07, 6.45) is 3.97. The van der Waals surface area contributed by atoms with Crippen molar-refractivity contribution in [2.24, 2.45) is 7.05 Å². The van der Waals surface area contributed by atoms with Gasteiger partial charge in [0, 0.05) is 44.9 Å². The maximum absolute atomic E-state index is 14.0. The number of likely N-dealkylation sites (tertiary alicyclic amines) is 1. The van der Waals surface area contributed by atoms with Crippen LogP contribution in [0.15, 0.2) is 54.5 Å². The summed E-state index contributed by atoms with van der Waals surface area (Å²) in [7, 11) is 1.91. The molecular formula is C41H57F4N5O4. The molecule has 2 aromatic carbocycles. The number of aromatic nitrogens is 2. The zero-order valence-electron chi connectivity index (χ0n) is 32.7. The highest BCUT2D eigenvalue weighted by Crippen LogP contribution is 2.38. The van der Waals surface area contributed by atoms with Gasteiger partial charge in [-0.05, 0) is 95.8 Å². The summed E-state index contributed by atoms with van der Waals surface area (Å²) in [6, 6.07) is 7.60. The number of hydrogen-bond donors (Lipinski definition) is 0. The number of benzene rings is 2. The first kappa shape index (κ1) is 42.7. The fourth-order valence-corrected chi connectivity index (χ4v) is 6.37. The van der Waals surface area contributed by atoms with Crippen LogP contribution in [-0.4, -0.2) is 103 Å². The number of nitrogens with zero attached hydrogens (tertiary/aromatic N) is 5. The second kappa shape index (κ2) is 21.1. The molecule has 0 spiro atoms. The molecule has 9 nitrogen and oxygen atoms in total. The Hall–Kier alpha value is -4.07. The second-order valence-corrected chi connectivity index (χ2v) is 13.2. The number of ether oxygens (including phenoxy) is 4. The number of hydrogen-bond acceptors (Lipinski definition) is 8. The molecule has 0 atom stereocenters. The Balaban J connectivity index is 1.62. The van der Waals surface area contributed by atoms with Crippen LogP contribution in [0.5, 0.6) is 17.2 Å². The zero-order chi connectivity index (χ0) is 39.1. The quantitative estimate of drug-likeness (QED) is 0.0436. The number of allylic oxidation sites excluding steroid dienone is 1. The minimum Gasteiger partial charge on any atom is -0.501 e. The fourth-order valence-electron chi connectivity index (χ4n) is 6.37. The van der Waals surface area contributed by atoms with Crippen LogP contribution in [0.1, 0.15) is 63.9 Å². The fraction of sp³-hybridized carbons (Fsp3) is 0.537. The SMILES string of the molecule is CCN(CC)CCCO/C=C/C(=C\c1c(C)nc(-c2ccc(Oc3ccc(F)c(C(F)(F)F)c3)cc2OCCN(CC)CC)n1C)OCCN1CCCC1. The Labute approximate surface area is 318 Å². The summed E-state index contributed by atoms with van der Waals surface area (Å²) in [5.41, 5.74) is 0.869. The molecule has 0 saturated carbocycles. The minimum absolute atomic E-state index is 0.149. The van der Waals surface area contributed by atoms with Gasteiger partial charge in [0.1, 0.15) is 47.9 Å². The van der Waals surface area contributed by atoms with Crippen molar-refractivity contribution in [2.75, 3.05) is 78.7 Å². The van der Waals surface area contributed by atoms with Crippen molar-refractivity contribution in [2.45, 2.75) is 60.1 Å². The summed E-state index contributed by atoms with van der Waals surface area (Å²) < 4.78 is 80.4. The first-order valence-corrected chi connectivity index (χ1v) is 19.1. The van der Waals surface area contributed by atoms with Crippen molar-refractivity contribution >= 4 is 6.08 Å². The number of alkyl halides is 3. The number of halogens is 4. The van der Waals surface area contributed by atoms with E-state index in [1.165, 1.54) is 12.8 Å². The molecule has 0 amide bonds. The number of imidazole rings is 1. The number of aryl methyl sites for hydroxylation is 1. The van der Waals surface area contributed by atoms with E-state index in [1.807, 2.05) is 30.7 Å². The average Bonchev–Trinajstić information content (AvgIpc) is 3.77. The Kier molecular flexibility index (Phi) is 16.7. The van der Waals surface area contributed by atoms with Crippen molar-refractivity contribution in [3.05, 3.63) is 77.3 Å². The first-order valence-electron chi connectivity index (χ1n) is 19.1. The van der Waals surface area contributed by atoms with Gasteiger partial charge in [-0.1, -0.05) is 27.7 Å². The van der Waals surface area contributed by atoms with E-state index in [-0.39, 0.29) is 11.5 Å². The summed E-state index contributed by atoms with van der Waals surface area (Å²) in [4.78, 5) is 11.9. The average molecular weight is 760 g/mol. The van der Waals surface area contributed by atoms with E-state index in [2.05, 4.69) is 42.4 Å². The third-order valence-corrected chi connectivity index (χ3v) is 9.67. The van der Waals surface area contributed by atoms with Crippen molar-refractivity contribution in [3.8, 4) is 28.6 Å². The number of rotatable bonds is 22. The predicted octanol–water partition coefficient (Wildman–Crippen LogP) is 8.78. The molecule has 298 valence electrons. The van der Waals surface area contributed by atoms with E-state index >= 15 is 0 Å². The Morgan fingerprint density at radius 2 is 1.56 bits per heavy atom. The minimum atomic E-state index is -4.86. The zero-order valence-corrected chi connectivity index (χ0v) is 32.7. The van der Waals surface area contributed by atoms with Gasteiger partial charge < -0.3 is 33.3 Å². The Morgan fingerprint density at radius 1 is 0.889 bits per heavy atom. The highest BCUT2D eigenvalue weighted by Gasteiger charge is 2.34. The lowest BCUT2D eigenvalue weighted by molar-refractivity contribution is -0.140. The van der Waals surface area contributed by atoms with Gasteiger partial charge in [-0.3, -0.25) is 4.90 Å². The highest BCUT2D eigenvalue weighted by molar-refractivity contribution is 5.69. The van der Waals surface area contributed by atoms with Gasteiger partial charge >= 0.3 is 6.18 Å². The molecule has 1 saturated heterocycles. The smallest absolute Gasteiger partial charge is 0.419 e. The second-order valence-electron chi connectivity index (χ2n) is 13.2. The standard InChI is InChI=1S/C41H57F4N5O4/c1-7-48(8-2)21-13-24-51-25-18-32(52-26-23-50-19-11-12-20-50)29-38-31(5)46-40(47(38)6)35-16-14-34(30-39(35)53-27-22-49(9-3)10-4)54-33-15-17-37(42)36(28-33)41(43,44)45/h14-18,25,28-30H,7-13,19-24,26-27H2,1-6H3/b25-18+,32-29+. The van der Waals surface area contributed by atoms with Gasteiger partial charge in [-0.2, -0.15) is 13.2 Å². The summed E-state index contributed by atoms with van der Waals surface area (Å²) in [5.74, 6) is 0.434. The van der Waals surface area contributed by atoms with E-state index in [1.54, 1.807) is 24.5 Å².